The van der Waals surface area contributed by atoms with Crippen molar-refractivity contribution in [2.45, 2.75) is 78.4 Å². The molecule has 0 rings (SSSR count). The van der Waals surface area contributed by atoms with E-state index < -0.39 is 8.32 Å². The van der Waals surface area contributed by atoms with Crippen LogP contribution in [-0.4, -0.2) is 28.5 Å². The van der Waals surface area contributed by atoms with Crippen molar-refractivity contribution in [3.8, 4) is 0 Å². The van der Waals surface area contributed by atoms with E-state index in [0.29, 0.717) is 29.0 Å². The second kappa shape index (κ2) is 11.6. The van der Waals surface area contributed by atoms with Gasteiger partial charge in [0.2, 0.25) is 0 Å². The van der Waals surface area contributed by atoms with Gasteiger partial charge in [0.25, 0.3) is 14.3 Å². The molecule has 132 valence electrons. The highest BCUT2D eigenvalue weighted by atomic mass is 28.4. The SMILES string of the molecule is CC=C(OC)O[Si](C(C)C)(C(C)C)C(C)C.CCC(=O)OC. The molecule has 0 saturated heterocycles. The monoisotopic (exact) mass is 332 g/mol. The second-order valence-electron chi connectivity index (χ2n) is 6.16. The van der Waals surface area contributed by atoms with Crippen molar-refractivity contribution in [2.75, 3.05) is 14.2 Å². The molecule has 0 aromatic heterocycles. The van der Waals surface area contributed by atoms with Crippen molar-refractivity contribution in [2.24, 2.45) is 0 Å². The standard InChI is InChI=1S/C13H28O2Si.C4H8O2/c1-9-13(14-8)15-16(10(2)3,11(4)5)12(6)7;1-3-4(5)6-2/h9-12H,1-8H3;3H2,1-2H3. The number of hydrogen-bond donors (Lipinski definition) is 0. The van der Waals surface area contributed by atoms with Crippen LogP contribution in [0.4, 0.5) is 0 Å². The summed E-state index contributed by atoms with van der Waals surface area (Å²) >= 11 is 0. The van der Waals surface area contributed by atoms with Gasteiger partial charge in [-0.2, -0.15) is 0 Å². The number of esters is 1. The van der Waals surface area contributed by atoms with Gasteiger partial charge in [-0.25, -0.2) is 0 Å². The van der Waals surface area contributed by atoms with E-state index in [0.717, 1.165) is 0 Å². The first-order valence-corrected chi connectivity index (χ1v) is 10.2. The Bertz CT molecular complexity index is 308. The predicted octanol–water partition coefficient (Wildman–Crippen LogP) is 5.26. The summed E-state index contributed by atoms with van der Waals surface area (Å²) in [6.07, 6.45) is 2.38. The minimum Gasteiger partial charge on any atom is -0.518 e. The third-order valence-corrected chi connectivity index (χ3v) is 9.91. The van der Waals surface area contributed by atoms with Gasteiger partial charge in [0.05, 0.1) is 14.2 Å². The Balaban J connectivity index is 0. The Morgan fingerprint density at radius 1 is 0.955 bits per heavy atom. The minimum atomic E-state index is -1.83. The molecule has 0 saturated carbocycles. The topological polar surface area (TPSA) is 44.8 Å². The molecule has 0 atom stereocenters. The van der Waals surface area contributed by atoms with Crippen molar-refractivity contribution in [3.63, 3.8) is 0 Å². The number of carbonyl (C=O) groups excluding carboxylic acids is 1. The Morgan fingerprint density at radius 3 is 1.50 bits per heavy atom. The molecule has 0 fully saturated rings. The summed E-state index contributed by atoms with van der Waals surface area (Å²) in [5.41, 5.74) is 1.74. The minimum absolute atomic E-state index is 0.157. The van der Waals surface area contributed by atoms with Crippen LogP contribution in [-0.2, 0) is 18.7 Å². The molecule has 0 aromatic rings. The molecule has 0 N–H and O–H groups in total. The number of allylic oxidation sites excluding steroid dienone is 1. The smallest absolute Gasteiger partial charge is 0.305 e. The summed E-state index contributed by atoms with van der Waals surface area (Å²) in [5, 5.41) is 0. The van der Waals surface area contributed by atoms with Gasteiger partial charge in [0, 0.05) is 6.42 Å². The molecule has 0 heterocycles. The average Bonchev–Trinajstić information content (AvgIpc) is 2.47. The van der Waals surface area contributed by atoms with Gasteiger partial charge < -0.3 is 13.9 Å². The second-order valence-corrected chi connectivity index (χ2v) is 11.5. The van der Waals surface area contributed by atoms with E-state index in [1.165, 1.54) is 7.11 Å². The molecule has 5 heteroatoms. The molecule has 0 amide bonds. The Morgan fingerprint density at radius 2 is 1.36 bits per heavy atom. The molecular formula is C17H36O4Si. The van der Waals surface area contributed by atoms with Crippen molar-refractivity contribution < 1.29 is 18.7 Å². The van der Waals surface area contributed by atoms with E-state index in [1.807, 2.05) is 13.0 Å². The molecule has 0 aromatic carbocycles. The maximum atomic E-state index is 9.96. The zero-order chi connectivity index (χ0) is 17.9. The summed E-state index contributed by atoms with van der Waals surface area (Å²) in [4.78, 5) is 9.96. The Kier molecular flexibility index (Phi) is 12.3. The lowest BCUT2D eigenvalue weighted by atomic mass is 10.5. The summed E-state index contributed by atoms with van der Waals surface area (Å²) < 4.78 is 15.8. The molecule has 0 aliphatic carbocycles. The van der Waals surface area contributed by atoms with Crippen molar-refractivity contribution in [1.82, 2.24) is 0 Å². The van der Waals surface area contributed by atoms with E-state index in [4.69, 9.17) is 9.16 Å². The van der Waals surface area contributed by atoms with Crippen LogP contribution in [0.3, 0.4) is 0 Å². The molecule has 0 aliphatic heterocycles. The lowest BCUT2D eigenvalue weighted by molar-refractivity contribution is -0.140. The Labute approximate surface area is 138 Å². The maximum Gasteiger partial charge on any atom is 0.305 e. The quantitative estimate of drug-likeness (QED) is 0.362. The molecule has 4 nitrogen and oxygen atoms in total. The van der Waals surface area contributed by atoms with E-state index in [1.54, 1.807) is 14.0 Å². The van der Waals surface area contributed by atoms with Crippen LogP contribution in [0.5, 0.6) is 0 Å². The van der Waals surface area contributed by atoms with Gasteiger partial charge in [-0.15, -0.1) is 0 Å². The van der Waals surface area contributed by atoms with E-state index in [9.17, 15) is 4.79 Å². The highest BCUT2D eigenvalue weighted by Crippen LogP contribution is 2.43. The van der Waals surface area contributed by atoms with E-state index >= 15 is 0 Å². The zero-order valence-corrected chi connectivity index (χ0v) is 17.1. The van der Waals surface area contributed by atoms with Gasteiger partial charge >= 0.3 is 5.97 Å². The summed E-state index contributed by atoms with van der Waals surface area (Å²) in [7, 11) is 1.23. The summed E-state index contributed by atoms with van der Waals surface area (Å²) in [6, 6.07) is 0. The molecular weight excluding hydrogens is 296 g/mol. The number of carbonyl (C=O) groups is 1. The van der Waals surface area contributed by atoms with Gasteiger partial charge in [-0.05, 0) is 29.6 Å². The maximum absolute atomic E-state index is 9.96. The average molecular weight is 333 g/mol. The molecule has 0 unspecified atom stereocenters. The number of methoxy groups -OCH3 is 2. The third-order valence-electron chi connectivity index (χ3n) is 3.94. The number of ether oxygens (including phenoxy) is 2. The number of hydrogen-bond acceptors (Lipinski definition) is 4. The fraction of sp³-hybridized carbons (Fsp3) is 0.824. The molecule has 0 bridgehead atoms. The molecule has 0 spiro atoms. The fourth-order valence-corrected chi connectivity index (χ4v) is 8.15. The normalized spacial score (nSPS) is 12.1. The van der Waals surface area contributed by atoms with Crippen molar-refractivity contribution >= 4 is 14.3 Å². The largest absolute Gasteiger partial charge is 0.518 e. The fourth-order valence-electron chi connectivity index (χ4n) is 2.89. The van der Waals surface area contributed by atoms with Crippen LogP contribution in [0.25, 0.3) is 0 Å². The highest BCUT2D eigenvalue weighted by molar-refractivity contribution is 6.77. The van der Waals surface area contributed by atoms with E-state index in [2.05, 4.69) is 46.3 Å². The lowest BCUT2D eigenvalue weighted by Gasteiger charge is -2.42. The van der Waals surface area contributed by atoms with Gasteiger partial charge in [0.1, 0.15) is 0 Å². The first kappa shape index (κ1) is 23.3. The molecule has 0 radical (unpaired) electrons. The highest BCUT2D eigenvalue weighted by Gasteiger charge is 2.47. The van der Waals surface area contributed by atoms with Crippen LogP contribution in [0.1, 0.15) is 61.8 Å². The number of rotatable bonds is 7. The van der Waals surface area contributed by atoms with Gasteiger partial charge in [-0.3, -0.25) is 4.79 Å². The summed E-state index contributed by atoms with van der Waals surface area (Å²) in [5.74, 6) is 0.526. The first-order chi connectivity index (χ1) is 10.1. The predicted molar refractivity (Wildman–Crippen MR) is 95.2 cm³/mol. The van der Waals surface area contributed by atoms with Crippen LogP contribution >= 0.6 is 0 Å². The van der Waals surface area contributed by atoms with Crippen LogP contribution in [0.15, 0.2) is 12.0 Å². The van der Waals surface area contributed by atoms with Crippen LogP contribution in [0.2, 0.25) is 16.6 Å². The van der Waals surface area contributed by atoms with Gasteiger partial charge in [0.15, 0.2) is 0 Å². The Hall–Kier alpha value is -0.973. The van der Waals surface area contributed by atoms with Crippen LogP contribution < -0.4 is 0 Å². The van der Waals surface area contributed by atoms with Crippen molar-refractivity contribution in [3.05, 3.63) is 12.0 Å². The third kappa shape index (κ3) is 6.86. The van der Waals surface area contributed by atoms with Gasteiger partial charge in [-0.1, -0.05) is 48.5 Å². The first-order valence-electron chi connectivity index (χ1n) is 8.09. The van der Waals surface area contributed by atoms with Crippen LogP contribution in [0, 0.1) is 0 Å². The van der Waals surface area contributed by atoms with Crippen molar-refractivity contribution in [1.29, 1.82) is 0 Å². The lowest BCUT2D eigenvalue weighted by Crippen LogP contribution is -2.47. The zero-order valence-electron chi connectivity index (χ0n) is 16.1. The molecule has 0 aliphatic rings. The van der Waals surface area contributed by atoms with E-state index in [-0.39, 0.29) is 5.97 Å². The summed E-state index contributed by atoms with van der Waals surface area (Å²) in [6.45, 7) is 17.4. The molecule has 22 heavy (non-hydrogen) atoms.